The Balaban J connectivity index is 2.10. The van der Waals surface area contributed by atoms with Gasteiger partial charge in [0.15, 0.2) is 0 Å². The first-order chi connectivity index (χ1) is 11.7. The minimum atomic E-state index is -0.506. The largest absolute Gasteiger partial charge is 0.359 e. The zero-order valence-electron chi connectivity index (χ0n) is 15.4. The fourth-order valence-electron chi connectivity index (χ4n) is 2.81. The van der Waals surface area contributed by atoms with Crippen LogP contribution in [0.15, 0.2) is 24.3 Å². The Morgan fingerprint density at radius 2 is 1.92 bits per heavy atom. The van der Waals surface area contributed by atoms with Crippen molar-refractivity contribution in [3.8, 4) is 0 Å². The predicted octanol–water partition coefficient (Wildman–Crippen LogP) is 2.27. The van der Waals surface area contributed by atoms with Crippen LogP contribution in [0.4, 0.5) is 5.69 Å². The number of rotatable bonds is 3. The summed E-state index contributed by atoms with van der Waals surface area (Å²) in [6, 6.07) is 6.95. The molecule has 1 saturated heterocycles. The molecule has 1 aliphatic heterocycles. The lowest BCUT2D eigenvalue weighted by atomic mass is 9.95. The number of hydrogen-bond acceptors (Lipinski definition) is 3. The second-order valence-electron chi connectivity index (χ2n) is 7.49. The number of piperidine rings is 1. The summed E-state index contributed by atoms with van der Waals surface area (Å²) in [6.45, 7) is 6.58. The summed E-state index contributed by atoms with van der Waals surface area (Å²) in [5.41, 5.74) is 0.614. The first kappa shape index (κ1) is 19.0. The summed E-state index contributed by atoms with van der Waals surface area (Å²) < 4.78 is 0. The van der Waals surface area contributed by atoms with Gasteiger partial charge in [0.2, 0.25) is 11.8 Å². The van der Waals surface area contributed by atoms with Gasteiger partial charge in [-0.1, -0.05) is 26.8 Å². The van der Waals surface area contributed by atoms with E-state index in [9.17, 15) is 14.4 Å². The molecule has 1 heterocycles. The number of hydrogen-bond donors (Lipinski definition) is 2. The Hall–Kier alpha value is -2.37. The smallest absolute Gasteiger partial charge is 0.253 e. The Kier molecular flexibility index (Phi) is 5.82. The molecule has 1 aromatic carbocycles. The van der Waals surface area contributed by atoms with Crippen LogP contribution < -0.4 is 10.6 Å². The fourth-order valence-corrected chi connectivity index (χ4v) is 2.81. The molecule has 3 amide bonds. The molecule has 1 fully saturated rings. The minimum Gasteiger partial charge on any atom is -0.359 e. The standard InChI is InChI=1S/C19H27N3O3/c1-19(2,3)18(25)21-15-9-5-7-13(11-15)17(24)22-10-6-8-14(12-22)16(23)20-4/h5,7,9,11,14H,6,8,10,12H2,1-4H3,(H,20,23)(H,21,25)/t14-/m0/s1. The summed E-state index contributed by atoms with van der Waals surface area (Å²) in [5.74, 6) is -0.398. The molecule has 6 heteroatoms. The van der Waals surface area contributed by atoms with Crippen molar-refractivity contribution in [1.82, 2.24) is 10.2 Å². The van der Waals surface area contributed by atoms with Gasteiger partial charge in [0.05, 0.1) is 5.92 Å². The highest BCUT2D eigenvalue weighted by molar-refractivity contribution is 5.98. The van der Waals surface area contributed by atoms with Crippen molar-refractivity contribution in [2.24, 2.45) is 11.3 Å². The molecule has 2 N–H and O–H groups in total. The van der Waals surface area contributed by atoms with E-state index in [2.05, 4.69) is 10.6 Å². The zero-order valence-corrected chi connectivity index (χ0v) is 15.4. The Morgan fingerprint density at radius 3 is 2.56 bits per heavy atom. The van der Waals surface area contributed by atoms with E-state index in [1.165, 1.54) is 0 Å². The maximum Gasteiger partial charge on any atom is 0.253 e. The lowest BCUT2D eigenvalue weighted by Gasteiger charge is -2.32. The van der Waals surface area contributed by atoms with Crippen molar-refractivity contribution in [2.45, 2.75) is 33.6 Å². The Labute approximate surface area is 149 Å². The van der Waals surface area contributed by atoms with Crippen LogP contribution in [0.3, 0.4) is 0 Å². The zero-order chi connectivity index (χ0) is 18.6. The third kappa shape index (κ3) is 4.81. The van der Waals surface area contributed by atoms with Crippen LogP contribution in [0.1, 0.15) is 44.0 Å². The molecule has 0 radical (unpaired) electrons. The van der Waals surface area contributed by atoms with Crippen molar-refractivity contribution >= 4 is 23.4 Å². The van der Waals surface area contributed by atoms with Crippen molar-refractivity contribution in [2.75, 3.05) is 25.5 Å². The normalized spacial score (nSPS) is 17.8. The van der Waals surface area contributed by atoms with Gasteiger partial charge in [0, 0.05) is 36.8 Å². The molecule has 0 bridgehead atoms. The van der Waals surface area contributed by atoms with E-state index >= 15 is 0 Å². The highest BCUT2D eigenvalue weighted by Gasteiger charge is 2.28. The fraction of sp³-hybridized carbons (Fsp3) is 0.526. The van der Waals surface area contributed by atoms with Gasteiger partial charge in [-0.05, 0) is 31.0 Å². The van der Waals surface area contributed by atoms with E-state index in [1.54, 1.807) is 36.2 Å². The maximum atomic E-state index is 12.8. The molecule has 0 unspecified atom stereocenters. The third-order valence-corrected chi connectivity index (χ3v) is 4.37. The number of benzene rings is 1. The number of nitrogens with one attached hydrogen (secondary N) is 2. The van der Waals surface area contributed by atoms with Crippen molar-refractivity contribution < 1.29 is 14.4 Å². The number of amides is 3. The van der Waals surface area contributed by atoms with E-state index in [0.717, 1.165) is 12.8 Å². The molecule has 1 atom stereocenters. The summed E-state index contributed by atoms with van der Waals surface area (Å²) in [7, 11) is 1.62. The molecule has 0 spiro atoms. The summed E-state index contributed by atoms with van der Waals surface area (Å²) in [6.07, 6.45) is 1.61. The summed E-state index contributed by atoms with van der Waals surface area (Å²) >= 11 is 0. The SMILES string of the molecule is CNC(=O)[C@H]1CCCN(C(=O)c2cccc(NC(=O)C(C)(C)C)c2)C1. The Bertz CT molecular complexity index is 664. The molecule has 25 heavy (non-hydrogen) atoms. The van der Waals surface area contributed by atoms with Gasteiger partial charge in [-0.3, -0.25) is 14.4 Å². The average molecular weight is 345 g/mol. The lowest BCUT2D eigenvalue weighted by molar-refractivity contribution is -0.126. The van der Waals surface area contributed by atoms with Gasteiger partial charge < -0.3 is 15.5 Å². The van der Waals surface area contributed by atoms with E-state index in [4.69, 9.17) is 0 Å². The van der Waals surface area contributed by atoms with Gasteiger partial charge in [-0.25, -0.2) is 0 Å². The number of likely N-dealkylation sites (tertiary alicyclic amines) is 1. The van der Waals surface area contributed by atoms with Gasteiger partial charge in [-0.2, -0.15) is 0 Å². The lowest BCUT2D eigenvalue weighted by Crippen LogP contribution is -2.44. The highest BCUT2D eigenvalue weighted by Crippen LogP contribution is 2.21. The predicted molar refractivity (Wildman–Crippen MR) is 97.2 cm³/mol. The molecular weight excluding hydrogens is 318 g/mol. The first-order valence-corrected chi connectivity index (χ1v) is 8.64. The molecule has 0 aliphatic carbocycles. The van der Waals surface area contributed by atoms with Gasteiger partial charge >= 0.3 is 0 Å². The Morgan fingerprint density at radius 1 is 1.20 bits per heavy atom. The number of anilines is 1. The van der Waals surface area contributed by atoms with Crippen LogP contribution in [0, 0.1) is 11.3 Å². The van der Waals surface area contributed by atoms with Crippen LogP contribution in [-0.2, 0) is 9.59 Å². The van der Waals surface area contributed by atoms with Crippen molar-refractivity contribution in [1.29, 1.82) is 0 Å². The average Bonchev–Trinajstić information content (AvgIpc) is 2.60. The molecule has 1 aliphatic rings. The van der Waals surface area contributed by atoms with Gasteiger partial charge in [0.25, 0.3) is 5.91 Å². The van der Waals surface area contributed by atoms with E-state index in [0.29, 0.717) is 24.3 Å². The van der Waals surface area contributed by atoms with Crippen LogP contribution >= 0.6 is 0 Å². The van der Waals surface area contributed by atoms with Crippen LogP contribution in [0.2, 0.25) is 0 Å². The topological polar surface area (TPSA) is 78.5 Å². The van der Waals surface area contributed by atoms with E-state index in [1.807, 2.05) is 20.8 Å². The monoisotopic (exact) mass is 345 g/mol. The second kappa shape index (κ2) is 7.68. The molecule has 0 aromatic heterocycles. The molecule has 6 nitrogen and oxygen atoms in total. The second-order valence-corrected chi connectivity index (χ2v) is 7.49. The quantitative estimate of drug-likeness (QED) is 0.882. The molecule has 1 aromatic rings. The van der Waals surface area contributed by atoms with Crippen LogP contribution in [0.25, 0.3) is 0 Å². The van der Waals surface area contributed by atoms with E-state index < -0.39 is 5.41 Å². The van der Waals surface area contributed by atoms with Crippen LogP contribution in [-0.4, -0.2) is 42.8 Å². The van der Waals surface area contributed by atoms with Crippen molar-refractivity contribution in [3.05, 3.63) is 29.8 Å². The molecule has 2 rings (SSSR count). The molecule has 136 valence electrons. The van der Waals surface area contributed by atoms with Gasteiger partial charge in [0.1, 0.15) is 0 Å². The number of carbonyl (C=O) groups excluding carboxylic acids is 3. The summed E-state index contributed by atoms with van der Waals surface area (Å²) in [4.78, 5) is 38.5. The summed E-state index contributed by atoms with van der Waals surface area (Å²) in [5, 5.41) is 5.50. The highest BCUT2D eigenvalue weighted by atomic mass is 16.2. The molecule has 0 saturated carbocycles. The van der Waals surface area contributed by atoms with E-state index in [-0.39, 0.29) is 23.6 Å². The minimum absolute atomic E-state index is 0.0244. The maximum absolute atomic E-state index is 12.8. The van der Waals surface area contributed by atoms with Gasteiger partial charge in [-0.15, -0.1) is 0 Å². The first-order valence-electron chi connectivity index (χ1n) is 8.64. The third-order valence-electron chi connectivity index (χ3n) is 4.37. The van der Waals surface area contributed by atoms with Crippen molar-refractivity contribution in [3.63, 3.8) is 0 Å². The number of nitrogens with zero attached hydrogens (tertiary/aromatic N) is 1. The number of carbonyl (C=O) groups is 3. The van der Waals surface area contributed by atoms with Crippen LogP contribution in [0.5, 0.6) is 0 Å². The molecular formula is C19H27N3O3.